The van der Waals surface area contributed by atoms with Crippen LogP contribution < -0.4 is 0 Å². The molecule has 16 heavy (non-hydrogen) atoms. The average Bonchev–Trinajstić information content (AvgIpc) is 2.22. The molecule has 0 N–H and O–H groups in total. The standard InChI is InChI=1S/C15H30O/c1-5-6-7-12-16-13-11-15(4)10-8-9-14(2)3/h11,14H,5-10,12-13H2,1-4H3. The fourth-order valence-electron chi connectivity index (χ4n) is 1.63. The first-order valence-corrected chi connectivity index (χ1v) is 6.90. The highest BCUT2D eigenvalue weighted by Gasteiger charge is 1.95. The van der Waals surface area contributed by atoms with Gasteiger partial charge in [0, 0.05) is 6.61 Å². The molecule has 0 spiro atoms. The van der Waals surface area contributed by atoms with Gasteiger partial charge in [0.15, 0.2) is 0 Å². The first-order chi connectivity index (χ1) is 7.66. The Hall–Kier alpha value is -0.300. The van der Waals surface area contributed by atoms with Crippen LogP contribution in [0.4, 0.5) is 0 Å². The molecule has 0 saturated carbocycles. The minimum absolute atomic E-state index is 0.803. The summed E-state index contributed by atoms with van der Waals surface area (Å²) in [7, 11) is 0. The Balaban J connectivity index is 3.33. The molecule has 0 saturated heterocycles. The monoisotopic (exact) mass is 226 g/mol. The maximum atomic E-state index is 5.56. The van der Waals surface area contributed by atoms with Crippen molar-refractivity contribution < 1.29 is 4.74 Å². The van der Waals surface area contributed by atoms with Crippen molar-refractivity contribution in [3.63, 3.8) is 0 Å². The van der Waals surface area contributed by atoms with Crippen molar-refractivity contribution in [3.05, 3.63) is 11.6 Å². The molecule has 0 amide bonds. The first kappa shape index (κ1) is 15.7. The molecule has 1 heteroatoms. The van der Waals surface area contributed by atoms with Gasteiger partial charge < -0.3 is 4.74 Å². The molecule has 0 aromatic rings. The van der Waals surface area contributed by atoms with E-state index < -0.39 is 0 Å². The van der Waals surface area contributed by atoms with Gasteiger partial charge in [0.05, 0.1) is 6.61 Å². The van der Waals surface area contributed by atoms with Crippen LogP contribution in [0, 0.1) is 5.92 Å². The fourth-order valence-corrected chi connectivity index (χ4v) is 1.63. The summed E-state index contributed by atoms with van der Waals surface area (Å²) >= 11 is 0. The Morgan fingerprint density at radius 1 is 1.19 bits per heavy atom. The molecule has 96 valence electrons. The molecule has 0 atom stereocenters. The van der Waals surface area contributed by atoms with Gasteiger partial charge in [-0.15, -0.1) is 0 Å². The molecule has 0 fully saturated rings. The van der Waals surface area contributed by atoms with Gasteiger partial charge in [-0.05, 0) is 32.1 Å². The number of hydrogen-bond acceptors (Lipinski definition) is 1. The van der Waals surface area contributed by atoms with Gasteiger partial charge in [0.1, 0.15) is 0 Å². The largest absolute Gasteiger partial charge is 0.377 e. The van der Waals surface area contributed by atoms with Crippen LogP contribution in [0.5, 0.6) is 0 Å². The highest BCUT2D eigenvalue weighted by atomic mass is 16.5. The van der Waals surface area contributed by atoms with Crippen LogP contribution in [0.1, 0.15) is 66.2 Å². The molecule has 0 radical (unpaired) electrons. The third-order valence-corrected chi connectivity index (χ3v) is 2.79. The number of rotatable bonds is 10. The molecule has 0 rings (SSSR count). The van der Waals surface area contributed by atoms with Gasteiger partial charge in [0.25, 0.3) is 0 Å². The highest BCUT2D eigenvalue weighted by molar-refractivity contribution is 4.97. The van der Waals surface area contributed by atoms with Gasteiger partial charge >= 0.3 is 0 Å². The summed E-state index contributed by atoms with van der Waals surface area (Å²) in [4.78, 5) is 0. The van der Waals surface area contributed by atoms with E-state index in [0.717, 1.165) is 19.1 Å². The second-order valence-corrected chi connectivity index (χ2v) is 5.12. The molecule has 0 heterocycles. The third-order valence-electron chi connectivity index (χ3n) is 2.79. The van der Waals surface area contributed by atoms with Crippen LogP contribution >= 0.6 is 0 Å². The van der Waals surface area contributed by atoms with Crippen molar-refractivity contribution in [2.24, 2.45) is 5.92 Å². The summed E-state index contributed by atoms with van der Waals surface area (Å²) in [6, 6.07) is 0. The molecule has 0 aliphatic rings. The van der Waals surface area contributed by atoms with Crippen molar-refractivity contribution in [3.8, 4) is 0 Å². The summed E-state index contributed by atoms with van der Waals surface area (Å²) < 4.78 is 5.56. The Labute approximate surface area is 102 Å². The number of hydrogen-bond donors (Lipinski definition) is 0. The van der Waals surface area contributed by atoms with Crippen LogP contribution in [0.3, 0.4) is 0 Å². The van der Waals surface area contributed by atoms with E-state index in [1.54, 1.807) is 0 Å². The predicted octanol–water partition coefficient (Wildman–Crippen LogP) is 4.97. The SMILES string of the molecule is CCCCCOCC=C(C)CCCC(C)C. The number of unbranched alkanes of at least 4 members (excludes halogenated alkanes) is 2. The van der Waals surface area contributed by atoms with E-state index in [1.807, 2.05) is 0 Å². The van der Waals surface area contributed by atoms with E-state index in [0.29, 0.717) is 0 Å². The Kier molecular flexibility index (Phi) is 11.0. The van der Waals surface area contributed by atoms with E-state index in [9.17, 15) is 0 Å². The highest BCUT2D eigenvalue weighted by Crippen LogP contribution is 2.11. The minimum atomic E-state index is 0.803. The van der Waals surface area contributed by atoms with E-state index in [2.05, 4.69) is 33.8 Å². The molecule has 0 aliphatic heterocycles. The lowest BCUT2D eigenvalue weighted by Gasteiger charge is -2.05. The zero-order valence-corrected chi connectivity index (χ0v) is 11.7. The van der Waals surface area contributed by atoms with E-state index in [4.69, 9.17) is 4.74 Å². The Morgan fingerprint density at radius 3 is 2.56 bits per heavy atom. The summed E-state index contributed by atoms with van der Waals surface area (Å²) in [5, 5.41) is 0. The molecule has 1 nitrogen and oxygen atoms in total. The summed E-state index contributed by atoms with van der Waals surface area (Å²) in [6.45, 7) is 10.7. The lowest BCUT2D eigenvalue weighted by Crippen LogP contribution is -1.95. The second-order valence-electron chi connectivity index (χ2n) is 5.12. The summed E-state index contributed by atoms with van der Waals surface area (Å²) in [5.41, 5.74) is 1.48. The average molecular weight is 226 g/mol. The van der Waals surface area contributed by atoms with Gasteiger partial charge in [0.2, 0.25) is 0 Å². The Morgan fingerprint density at radius 2 is 1.94 bits per heavy atom. The summed E-state index contributed by atoms with van der Waals surface area (Å²) in [5.74, 6) is 0.832. The van der Waals surface area contributed by atoms with Crippen LogP contribution in [0.25, 0.3) is 0 Å². The first-order valence-electron chi connectivity index (χ1n) is 6.90. The Bertz CT molecular complexity index is 170. The minimum Gasteiger partial charge on any atom is -0.377 e. The van der Waals surface area contributed by atoms with Crippen LogP contribution in [0.2, 0.25) is 0 Å². The normalized spacial score (nSPS) is 12.4. The molecule has 0 aromatic heterocycles. The van der Waals surface area contributed by atoms with Crippen molar-refractivity contribution in [2.45, 2.75) is 66.2 Å². The smallest absolute Gasteiger partial charge is 0.0649 e. The molecule has 0 unspecified atom stereocenters. The fraction of sp³-hybridized carbons (Fsp3) is 0.867. The van der Waals surface area contributed by atoms with E-state index in [1.165, 1.54) is 44.1 Å². The lowest BCUT2D eigenvalue weighted by atomic mass is 10.0. The van der Waals surface area contributed by atoms with Gasteiger partial charge in [-0.2, -0.15) is 0 Å². The van der Waals surface area contributed by atoms with Crippen molar-refractivity contribution >= 4 is 0 Å². The molecule has 0 aliphatic carbocycles. The molecule has 0 aromatic carbocycles. The van der Waals surface area contributed by atoms with E-state index >= 15 is 0 Å². The quantitative estimate of drug-likeness (QED) is 0.377. The van der Waals surface area contributed by atoms with Gasteiger partial charge in [-0.1, -0.05) is 51.7 Å². The van der Waals surface area contributed by atoms with Crippen LogP contribution in [0.15, 0.2) is 11.6 Å². The zero-order valence-electron chi connectivity index (χ0n) is 11.7. The summed E-state index contributed by atoms with van der Waals surface area (Å²) in [6.07, 6.45) is 9.89. The number of ether oxygens (including phenoxy) is 1. The van der Waals surface area contributed by atoms with E-state index in [-0.39, 0.29) is 0 Å². The predicted molar refractivity (Wildman–Crippen MR) is 72.8 cm³/mol. The third kappa shape index (κ3) is 11.8. The number of allylic oxidation sites excluding steroid dienone is 1. The topological polar surface area (TPSA) is 9.23 Å². The molecular weight excluding hydrogens is 196 g/mol. The van der Waals surface area contributed by atoms with Gasteiger partial charge in [-0.25, -0.2) is 0 Å². The van der Waals surface area contributed by atoms with Crippen molar-refractivity contribution in [2.75, 3.05) is 13.2 Å². The molecular formula is C15H30O. The van der Waals surface area contributed by atoms with Crippen LogP contribution in [-0.4, -0.2) is 13.2 Å². The van der Waals surface area contributed by atoms with Crippen molar-refractivity contribution in [1.82, 2.24) is 0 Å². The maximum Gasteiger partial charge on any atom is 0.0649 e. The maximum absolute atomic E-state index is 5.56. The lowest BCUT2D eigenvalue weighted by molar-refractivity contribution is 0.157. The van der Waals surface area contributed by atoms with Crippen molar-refractivity contribution in [1.29, 1.82) is 0 Å². The second kappa shape index (κ2) is 11.2. The van der Waals surface area contributed by atoms with Gasteiger partial charge in [-0.3, -0.25) is 0 Å². The molecule has 0 bridgehead atoms. The van der Waals surface area contributed by atoms with Crippen LogP contribution in [-0.2, 0) is 4.74 Å². The zero-order chi connectivity index (χ0) is 12.2.